The van der Waals surface area contributed by atoms with Crippen LogP contribution >= 0.6 is 0 Å². The molecule has 1 rings (SSSR count). The second-order valence-corrected chi connectivity index (χ2v) is 5.96. The van der Waals surface area contributed by atoms with Crippen molar-refractivity contribution in [2.75, 3.05) is 14.2 Å². The predicted octanol–water partition coefficient (Wildman–Crippen LogP) is 0.160. The molecule has 1 saturated carbocycles. The number of carbonyl (C=O) groups excluding carboxylic acids is 2. The largest absolute Gasteiger partial charge is 0.468 e. The average Bonchev–Trinajstić information content (AvgIpc) is 2.78. The highest BCUT2D eigenvalue weighted by atomic mass is 16.5. The van der Waals surface area contributed by atoms with Crippen molar-refractivity contribution >= 4 is 11.9 Å². The van der Waals surface area contributed by atoms with Crippen molar-refractivity contribution in [1.29, 1.82) is 0 Å². The van der Waals surface area contributed by atoms with Gasteiger partial charge >= 0.3 is 5.97 Å². The molecule has 0 saturated heterocycles. The first kappa shape index (κ1) is 16.9. The Hall–Kier alpha value is -1.14. The predicted molar refractivity (Wildman–Crippen MR) is 77.0 cm³/mol. The van der Waals surface area contributed by atoms with E-state index in [1.54, 1.807) is 7.05 Å². The number of esters is 1. The maximum absolute atomic E-state index is 12.1. The van der Waals surface area contributed by atoms with E-state index in [1.165, 1.54) is 7.11 Å². The van der Waals surface area contributed by atoms with E-state index in [2.05, 4.69) is 10.6 Å². The summed E-state index contributed by atoms with van der Waals surface area (Å²) in [6.45, 7) is 4.02. The minimum absolute atomic E-state index is 0.198. The van der Waals surface area contributed by atoms with E-state index in [0.717, 1.165) is 12.8 Å². The van der Waals surface area contributed by atoms with E-state index in [0.29, 0.717) is 12.8 Å². The van der Waals surface area contributed by atoms with Gasteiger partial charge in [-0.1, -0.05) is 0 Å². The number of methoxy groups -OCH3 is 1. The van der Waals surface area contributed by atoms with Gasteiger partial charge in [0.2, 0.25) is 5.91 Å². The molecular formula is C14H27N3O3. The van der Waals surface area contributed by atoms with Crippen molar-refractivity contribution in [3.05, 3.63) is 0 Å². The fourth-order valence-electron chi connectivity index (χ4n) is 3.18. The maximum Gasteiger partial charge on any atom is 0.326 e. The molecular weight excluding hydrogens is 258 g/mol. The van der Waals surface area contributed by atoms with Crippen LogP contribution in [0.5, 0.6) is 0 Å². The summed E-state index contributed by atoms with van der Waals surface area (Å²) in [6, 6.07) is -0.142. The molecule has 0 spiro atoms. The Labute approximate surface area is 120 Å². The normalized spacial score (nSPS) is 27.6. The van der Waals surface area contributed by atoms with Gasteiger partial charge in [-0.2, -0.15) is 0 Å². The summed E-state index contributed by atoms with van der Waals surface area (Å²) in [6.07, 6.45) is 2.96. The molecule has 0 bridgehead atoms. The molecule has 0 aromatic carbocycles. The van der Waals surface area contributed by atoms with Crippen LogP contribution in [0.2, 0.25) is 0 Å². The molecule has 4 N–H and O–H groups in total. The van der Waals surface area contributed by atoms with Crippen LogP contribution in [-0.2, 0) is 14.3 Å². The van der Waals surface area contributed by atoms with Crippen molar-refractivity contribution in [1.82, 2.24) is 10.6 Å². The number of nitrogens with one attached hydrogen (secondary N) is 2. The van der Waals surface area contributed by atoms with Gasteiger partial charge in [0.25, 0.3) is 0 Å². The summed E-state index contributed by atoms with van der Waals surface area (Å²) in [5, 5.41) is 6.27. The van der Waals surface area contributed by atoms with Crippen molar-refractivity contribution in [2.45, 2.75) is 57.2 Å². The van der Waals surface area contributed by atoms with Crippen LogP contribution < -0.4 is 16.4 Å². The molecule has 1 aliphatic carbocycles. The fourth-order valence-corrected chi connectivity index (χ4v) is 3.18. The number of primary amides is 1. The van der Waals surface area contributed by atoms with E-state index in [9.17, 15) is 9.59 Å². The highest BCUT2D eigenvalue weighted by Crippen LogP contribution is 2.38. The Morgan fingerprint density at radius 2 is 2.10 bits per heavy atom. The molecule has 0 heterocycles. The van der Waals surface area contributed by atoms with Gasteiger partial charge in [0.15, 0.2) is 0 Å². The number of nitrogens with two attached hydrogens (primary N) is 1. The Bertz CT molecular complexity index is 360. The Morgan fingerprint density at radius 1 is 1.45 bits per heavy atom. The SMILES string of the molecule is CNC(CC1CCC(NC(C)C)(C(=O)OC)C1)C(N)=O. The van der Waals surface area contributed by atoms with E-state index in [-0.39, 0.29) is 29.9 Å². The van der Waals surface area contributed by atoms with Crippen molar-refractivity contribution in [3.63, 3.8) is 0 Å². The lowest BCUT2D eigenvalue weighted by Gasteiger charge is -2.30. The zero-order valence-electron chi connectivity index (χ0n) is 12.9. The molecule has 116 valence electrons. The third-order valence-electron chi connectivity index (χ3n) is 4.02. The topological polar surface area (TPSA) is 93.4 Å². The van der Waals surface area contributed by atoms with E-state index >= 15 is 0 Å². The molecule has 0 aromatic rings. The fraction of sp³-hybridized carbons (Fsp3) is 0.857. The smallest absolute Gasteiger partial charge is 0.326 e. The number of carbonyl (C=O) groups is 2. The molecule has 3 atom stereocenters. The number of ether oxygens (including phenoxy) is 1. The summed E-state index contributed by atoms with van der Waals surface area (Å²) >= 11 is 0. The standard InChI is InChI=1S/C14H27N3O3/c1-9(2)17-14(13(19)20-4)6-5-10(8-14)7-11(16-3)12(15)18/h9-11,16-17H,5-8H2,1-4H3,(H2,15,18). The minimum atomic E-state index is -0.622. The van der Waals surface area contributed by atoms with Gasteiger partial charge in [0.1, 0.15) is 5.54 Å². The lowest BCUT2D eigenvalue weighted by atomic mass is 9.92. The molecule has 0 aliphatic heterocycles. The Balaban J connectivity index is 2.74. The van der Waals surface area contributed by atoms with Crippen LogP contribution in [0.25, 0.3) is 0 Å². The first-order valence-corrected chi connectivity index (χ1v) is 7.17. The quantitative estimate of drug-likeness (QED) is 0.579. The lowest BCUT2D eigenvalue weighted by molar-refractivity contribution is -0.148. The summed E-state index contributed by atoms with van der Waals surface area (Å²) in [7, 11) is 3.14. The van der Waals surface area contributed by atoms with Crippen molar-refractivity contribution in [3.8, 4) is 0 Å². The third-order valence-corrected chi connectivity index (χ3v) is 4.02. The van der Waals surface area contributed by atoms with E-state index in [4.69, 9.17) is 10.5 Å². The molecule has 6 nitrogen and oxygen atoms in total. The highest BCUT2D eigenvalue weighted by molar-refractivity contribution is 5.81. The van der Waals surface area contributed by atoms with E-state index < -0.39 is 5.54 Å². The second kappa shape index (κ2) is 7.04. The van der Waals surface area contributed by atoms with Crippen LogP contribution in [0.1, 0.15) is 39.5 Å². The molecule has 1 amide bonds. The lowest BCUT2D eigenvalue weighted by Crippen LogP contribution is -2.53. The Kier molecular flexibility index (Phi) is 5.95. The van der Waals surface area contributed by atoms with Gasteiger partial charge in [0, 0.05) is 6.04 Å². The van der Waals surface area contributed by atoms with Gasteiger partial charge in [-0.15, -0.1) is 0 Å². The summed E-state index contributed by atoms with van der Waals surface area (Å²) < 4.78 is 4.96. The number of hydrogen-bond acceptors (Lipinski definition) is 5. The number of hydrogen-bond donors (Lipinski definition) is 3. The first-order chi connectivity index (χ1) is 9.34. The summed E-state index contributed by atoms with van der Waals surface area (Å²) in [4.78, 5) is 23.4. The molecule has 6 heteroatoms. The van der Waals surface area contributed by atoms with Crippen molar-refractivity contribution in [2.24, 2.45) is 11.7 Å². The Morgan fingerprint density at radius 3 is 2.55 bits per heavy atom. The number of rotatable bonds is 7. The molecule has 3 unspecified atom stereocenters. The van der Waals surface area contributed by atoms with Crippen LogP contribution in [-0.4, -0.2) is 43.7 Å². The van der Waals surface area contributed by atoms with Crippen LogP contribution in [0, 0.1) is 5.92 Å². The first-order valence-electron chi connectivity index (χ1n) is 7.17. The average molecular weight is 285 g/mol. The van der Waals surface area contributed by atoms with Gasteiger partial charge in [0.05, 0.1) is 13.2 Å². The minimum Gasteiger partial charge on any atom is -0.468 e. The van der Waals surface area contributed by atoms with Gasteiger partial charge in [-0.3, -0.25) is 14.9 Å². The molecule has 0 radical (unpaired) electrons. The molecule has 1 aliphatic rings. The number of likely N-dealkylation sites (N-methyl/N-ethyl adjacent to an activating group) is 1. The van der Waals surface area contributed by atoms with Crippen molar-refractivity contribution < 1.29 is 14.3 Å². The van der Waals surface area contributed by atoms with Gasteiger partial charge in [-0.25, -0.2) is 0 Å². The zero-order chi connectivity index (χ0) is 15.3. The summed E-state index contributed by atoms with van der Waals surface area (Å²) in [5.41, 5.74) is 4.73. The maximum atomic E-state index is 12.1. The van der Waals surface area contributed by atoms with Crippen LogP contribution in [0.3, 0.4) is 0 Å². The second-order valence-electron chi connectivity index (χ2n) is 5.96. The molecule has 1 fully saturated rings. The van der Waals surface area contributed by atoms with Gasteiger partial charge in [-0.05, 0) is 52.5 Å². The summed E-state index contributed by atoms with van der Waals surface area (Å²) in [5.74, 6) is -0.279. The van der Waals surface area contributed by atoms with Crippen LogP contribution in [0.4, 0.5) is 0 Å². The van der Waals surface area contributed by atoms with Gasteiger partial charge < -0.3 is 15.8 Å². The van der Waals surface area contributed by atoms with E-state index in [1.807, 2.05) is 13.8 Å². The molecule has 0 aromatic heterocycles. The highest BCUT2D eigenvalue weighted by Gasteiger charge is 2.46. The van der Waals surface area contributed by atoms with Crippen LogP contribution in [0.15, 0.2) is 0 Å². The third kappa shape index (κ3) is 3.93. The monoisotopic (exact) mass is 285 g/mol. The zero-order valence-corrected chi connectivity index (χ0v) is 12.9. The molecule has 20 heavy (non-hydrogen) atoms. The number of amides is 1.